The molecule has 0 rings (SSSR count). The minimum absolute atomic E-state index is 0.0201. The lowest BCUT2D eigenvalue weighted by atomic mass is 9.86. The number of hydrogen-bond donors (Lipinski definition) is 2. The molecule has 0 aromatic rings. The van der Waals surface area contributed by atoms with Gasteiger partial charge in [-0.05, 0) is 20.3 Å². The van der Waals surface area contributed by atoms with Crippen LogP contribution in [0.3, 0.4) is 0 Å². The molecule has 0 aromatic heterocycles. The Labute approximate surface area is 226 Å². The van der Waals surface area contributed by atoms with Crippen molar-refractivity contribution < 1.29 is 102 Å². The molecule has 0 aromatic carbocycles. The number of alkyl halides is 21. The van der Waals surface area contributed by atoms with E-state index < -0.39 is 84.6 Å². The van der Waals surface area contributed by atoms with E-state index in [1.807, 2.05) is 0 Å². The van der Waals surface area contributed by atoms with Crippen LogP contribution in [0.15, 0.2) is 0 Å². The van der Waals surface area contributed by atoms with E-state index in [1.54, 1.807) is 0 Å². The van der Waals surface area contributed by atoms with Crippen molar-refractivity contribution in [3.8, 4) is 0 Å². The summed E-state index contributed by atoms with van der Waals surface area (Å²) in [7, 11) is 0. The summed E-state index contributed by atoms with van der Waals surface area (Å²) >= 11 is 0. The number of rotatable bonds is 14. The van der Waals surface area contributed by atoms with E-state index in [-0.39, 0.29) is 6.54 Å². The van der Waals surface area contributed by atoms with Crippen molar-refractivity contribution in [3.05, 3.63) is 0 Å². The second-order valence-corrected chi connectivity index (χ2v) is 8.95. The number of nitrogens with one attached hydrogen (secondary N) is 2. The number of amidine groups is 1. The Bertz CT molecular complexity index is 970. The molecule has 0 aliphatic carbocycles. The molecule has 43 heavy (non-hydrogen) atoms. The van der Waals surface area contributed by atoms with Crippen molar-refractivity contribution in [2.45, 2.75) is 99.1 Å². The fourth-order valence-corrected chi connectivity index (χ4v) is 2.67. The van der Waals surface area contributed by atoms with Gasteiger partial charge in [-0.3, -0.25) is 0 Å². The third-order valence-corrected chi connectivity index (χ3v) is 5.19. The van der Waals surface area contributed by atoms with Crippen LogP contribution in [0.5, 0.6) is 0 Å². The standard InChI is InChI=1S/C19H19F21N2O/c1-4-6-41-9(42-8(2)3)43-7-5-10(20,21)11(22,23)12(24,25)13(26,27)14(28,29)15(30,31)16(32,33)17(34,35)18(36,37)19(38,39)40/h8H,4-7H2,1-3H3,(H,41,42)/p+1. The summed E-state index contributed by atoms with van der Waals surface area (Å²) in [6.07, 6.45) is -10.6. The Morgan fingerprint density at radius 3 is 1.19 bits per heavy atom. The van der Waals surface area contributed by atoms with E-state index in [0.717, 1.165) is 0 Å². The first-order valence-corrected chi connectivity index (χ1v) is 11.1. The van der Waals surface area contributed by atoms with Crippen LogP contribution in [0.25, 0.3) is 0 Å². The van der Waals surface area contributed by atoms with Gasteiger partial charge in [-0.2, -0.15) is 92.2 Å². The van der Waals surface area contributed by atoms with Crippen LogP contribution in [0.1, 0.15) is 33.6 Å². The number of hydrogen-bond acceptors (Lipinski definition) is 1. The fourth-order valence-electron chi connectivity index (χ4n) is 2.67. The zero-order chi connectivity index (χ0) is 35.1. The van der Waals surface area contributed by atoms with Gasteiger partial charge < -0.3 is 4.74 Å². The van der Waals surface area contributed by atoms with Crippen molar-refractivity contribution in [2.24, 2.45) is 0 Å². The highest BCUT2D eigenvalue weighted by Crippen LogP contribution is 2.66. The minimum atomic E-state index is -9.18. The SMILES string of the molecule is CCC[NH+]=C(NC(C)C)OCCC(F)(F)C(F)(F)C(F)(F)C(F)(F)C(F)(F)C(F)(F)C(F)(F)C(F)(F)C(F)(F)C(F)(F)F. The van der Waals surface area contributed by atoms with Crippen LogP contribution in [0.4, 0.5) is 92.2 Å². The van der Waals surface area contributed by atoms with E-state index in [9.17, 15) is 92.2 Å². The molecule has 0 aliphatic heterocycles. The number of ether oxygens (including phenoxy) is 1. The lowest BCUT2D eigenvalue weighted by molar-refractivity contribution is -0.475. The maximum absolute atomic E-state index is 14.0. The van der Waals surface area contributed by atoms with Gasteiger partial charge in [0, 0.05) is 0 Å². The molecule has 0 unspecified atom stereocenters. The van der Waals surface area contributed by atoms with E-state index in [4.69, 9.17) is 0 Å². The Balaban J connectivity index is 6.65. The summed E-state index contributed by atoms with van der Waals surface area (Å²) in [4.78, 5) is 2.31. The molecule has 3 nitrogen and oxygen atoms in total. The van der Waals surface area contributed by atoms with Crippen molar-refractivity contribution in [1.82, 2.24) is 5.32 Å². The molecule has 0 aliphatic rings. The van der Waals surface area contributed by atoms with Crippen LogP contribution in [-0.4, -0.2) is 84.7 Å². The summed E-state index contributed by atoms with van der Waals surface area (Å²) in [6, 6.07) is -1.21. The summed E-state index contributed by atoms with van der Waals surface area (Å²) < 4.78 is 286. The Kier molecular flexibility index (Phi) is 11.3. The van der Waals surface area contributed by atoms with Gasteiger partial charge in [-0.25, -0.2) is 10.3 Å². The second-order valence-electron chi connectivity index (χ2n) is 8.95. The highest BCUT2D eigenvalue weighted by Gasteiger charge is 2.97. The van der Waals surface area contributed by atoms with Gasteiger partial charge >= 0.3 is 65.5 Å². The van der Waals surface area contributed by atoms with Crippen molar-refractivity contribution >= 4 is 6.02 Å². The second kappa shape index (κ2) is 12.0. The average molecular weight is 691 g/mol. The van der Waals surface area contributed by atoms with Gasteiger partial charge in [0.2, 0.25) is 0 Å². The van der Waals surface area contributed by atoms with Gasteiger partial charge in [0.15, 0.2) is 0 Å². The Morgan fingerprint density at radius 1 is 0.558 bits per heavy atom. The van der Waals surface area contributed by atoms with Gasteiger partial charge in [-0.1, -0.05) is 6.92 Å². The molecule has 0 saturated heterocycles. The molecule has 0 spiro atoms. The van der Waals surface area contributed by atoms with E-state index in [0.29, 0.717) is 6.42 Å². The predicted molar refractivity (Wildman–Crippen MR) is 101 cm³/mol. The third-order valence-electron chi connectivity index (χ3n) is 5.19. The molecule has 0 atom stereocenters. The fraction of sp³-hybridized carbons (Fsp3) is 0.947. The molecule has 2 N–H and O–H groups in total. The van der Waals surface area contributed by atoms with Gasteiger partial charge in [0.1, 0.15) is 6.61 Å². The largest absolute Gasteiger partial charge is 0.460 e. The van der Waals surface area contributed by atoms with Crippen LogP contribution >= 0.6 is 0 Å². The lowest BCUT2D eigenvalue weighted by Crippen LogP contribution is -2.77. The molecule has 24 heteroatoms. The van der Waals surface area contributed by atoms with E-state index >= 15 is 0 Å². The first kappa shape index (κ1) is 40.8. The maximum atomic E-state index is 14.0. The van der Waals surface area contributed by atoms with Crippen LogP contribution < -0.4 is 10.3 Å². The van der Waals surface area contributed by atoms with Crippen molar-refractivity contribution in [3.63, 3.8) is 0 Å². The Morgan fingerprint density at radius 2 is 0.884 bits per heavy atom. The van der Waals surface area contributed by atoms with Gasteiger partial charge in [0.25, 0.3) is 0 Å². The molecule has 0 saturated carbocycles. The highest BCUT2D eigenvalue weighted by molar-refractivity contribution is 5.67. The molecule has 0 radical (unpaired) electrons. The van der Waals surface area contributed by atoms with Gasteiger partial charge in [0.05, 0.1) is 19.0 Å². The molecular formula is C19H20F21N2O+. The Hall–Kier alpha value is -2.20. The van der Waals surface area contributed by atoms with Crippen LogP contribution in [-0.2, 0) is 4.74 Å². The molecule has 0 fully saturated rings. The van der Waals surface area contributed by atoms with Crippen molar-refractivity contribution in [2.75, 3.05) is 13.2 Å². The lowest BCUT2D eigenvalue weighted by Gasteiger charge is -2.44. The molecule has 258 valence electrons. The summed E-state index contributed by atoms with van der Waals surface area (Å²) in [5, 5.41) is 2.32. The van der Waals surface area contributed by atoms with Gasteiger partial charge in [-0.15, -0.1) is 0 Å². The molecule has 0 heterocycles. The topological polar surface area (TPSA) is 35.2 Å². The summed E-state index contributed by atoms with van der Waals surface area (Å²) in [5.41, 5.74) is 0. The van der Waals surface area contributed by atoms with E-state index in [1.165, 1.54) is 20.8 Å². The average Bonchev–Trinajstić information content (AvgIpc) is 2.80. The molecular weight excluding hydrogens is 671 g/mol. The summed E-state index contributed by atoms with van der Waals surface area (Å²) in [6.45, 7) is 2.40. The molecule has 0 amide bonds. The molecule has 0 bridgehead atoms. The monoisotopic (exact) mass is 691 g/mol. The normalized spacial score (nSPS) is 16.2. The number of halogens is 21. The van der Waals surface area contributed by atoms with E-state index in [2.05, 4.69) is 15.0 Å². The quantitative estimate of drug-likeness (QED) is 0.124. The minimum Gasteiger partial charge on any atom is -0.431 e. The van der Waals surface area contributed by atoms with Crippen LogP contribution in [0, 0.1) is 0 Å². The van der Waals surface area contributed by atoms with Crippen LogP contribution in [0.2, 0.25) is 0 Å². The predicted octanol–water partition coefficient (Wildman–Crippen LogP) is 6.52. The van der Waals surface area contributed by atoms with Crippen molar-refractivity contribution in [1.29, 1.82) is 0 Å². The summed E-state index contributed by atoms with van der Waals surface area (Å²) in [5.74, 6) is -77.0. The zero-order valence-electron chi connectivity index (χ0n) is 21.3. The highest BCUT2D eigenvalue weighted by atomic mass is 19.4. The zero-order valence-corrected chi connectivity index (χ0v) is 21.3. The maximum Gasteiger partial charge on any atom is 0.460 e. The first-order valence-electron chi connectivity index (χ1n) is 11.1. The third kappa shape index (κ3) is 6.46. The first-order chi connectivity index (χ1) is 18.6. The smallest absolute Gasteiger partial charge is 0.431 e.